The smallest absolute Gasteiger partial charge is 0.356 e. The average molecular weight is 553 g/mol. The number of nitrogens with zero attached hydrogens (tertiary/aromatic N) is 3. The van der Waals surface area contributed by atoms with Crippen molar-refractivity contribution in [1.29, 1.82) is 0 Å². The van der Waals surface area contributed by atoms with Crippen molar-refractivity contribution in [2.75, 3.05) is 31.6 Å². The zero-order chi connectivity index (χ0) is 20.9. The Bertz CT molecular complexity index is 887. The Balaban J connectivity index is 0.00000320. The van der Waals surface area contributed by atoms with Crippen molar-refractivity contribution in [2.24, 2.45) is 4.99 Å². The van der Waals surface area contributed by atoms with Crippen molar-refractivity contribution in [3.05, 3.63) is 45.9 Å². The number of hydrogen-bond donors (Lipinski definition) is 2. The molecule has 1 aliphatic heterocycles. The molecular formula is C19H23F3IN5OS. The lowest BCUT2D eigenvalue weighted by Gasteiger charge is -2.29. The Labute approximate surface area is 194 Å². The van der Waals surface area contributed by atoms with E-state index in [1.165, 1.54) is 0 Å². The van der Waals surface area contributed by atoms with Crippen molar-refractivity contribution in [3.8, 4) is 0 Å². The number of fused-ring (bicyclic) bond motifs is 1. The van der Waals surface area contributed by atoms with E-state index in [4.69, 9.17) is 0 Å². The van der Waals surface area contributed by atoms with Gasteiger partial charge in [0.25, 0.3) is 0 Å². The molecule has 0 saturated heterocycles. The lowest BCUT2D eigenvalue weighted by Crippen LogP contribution is -2.46. The normalized spacial score (nSPS) is 14.0. The fourth-order valence-electron chi connectivity index (χ4n) is 3.11. The van der Waals surface area contributed by atoms with E-state index in [9.17, 15) is 18.0 Å². The number of alkyl halides is 3. The molecule has 0 radical (unpaired) electrons. The molecule has 11 heteroatoms. The second kappa shape index (κ2) is 10.9. The third-order valence-electron chi connectivity index (χ3n) is 4.52. The van der Waals surface area contributed by atoms with Gasteiger partial charge in [0.2, 0.25) is 5.91 Å². The second-order valence-electron chi connectivity index (χ2n) is 6.50. The van der Waals surface area contributed by atoms with E-state index in [0.717, 1.165) is 40.8 Å². The summed E-state index contributed by atoms with van der Waals surface area (Å²) in [6.07, 6.45) is -2.21. The van der Waals surface area contributed by atoms with Gasteiger partial charge >= 0.3 is 6.18 Å². The highest BCUT2D eigenvalue weighted by molar-refractivity contribution is 14.0. The lowest BCUT2D eigenvalue weighted by atomic mass is 10.0. The van der Waals surface area contributed by atoms with E-state index in [0.29, 0.717) is 30.5 Å². The monoisotopic (exact) mass is 553 g/mol. The number of aliphatic imine (C=N–C) groups is 1. The van der Waals surface area contributed by atoms with Crippen LogP contribution in [0.15, 0.2) is 34.6 Å². The summed E-state index contributed by atoms with van der Waals surface area (Å²) in [6.45, 7) is 1.10. The molecule has 1 aliphatic rings. The van der Waals surface area contributed by atoms with Crippen molar-refractivity contribution in [2.45, 2.75) is 25.4 Å². The summed E-state index contributed by atoms with van der Waals surface area (Å²) < 4.78 is 37.8. The molecule has 1 amide bonds. The number of para-hydroxylation sites is 1. The number of amides is 1. The number of halogens is 4. The van der Waals surface area contributed by atoms with E-state index < -0.39 is 11.9 Å². The average Bonchev–Trinajstić information content (AvgIpc) is 3.19. The molecule has 3 rings (SSSR count). The van der Waals surface area contributed by atoms with Gasteiger partial charge in [-0.25, -0.2) is 4.98 Å². The maximum atomic E-state index is 12.6. The molecule has 164 valence electrons. The Kier molecular flexibility index (Phi) is 8.89. The summed E-state index contributed by atoms with van der Waals surface area (Å²) in [4.78, 5) is 22.1. The van der Waals surface area contributed by atoms with Crippen LogP contribution in [0.1, 0.15) is 22.7 Å². The van der Waals surface area contributed by atoms with Gasteiger partial charge in [-0.3, -0.25) is 9.79 Å². The van der Waals surface area contributed by atoms with Gasteiger partial charge in [-0.05, 0) is 24.5 Å². The van der Waals surface area contributed by atoms with E-state index in [-0.39, 0.29) is 36.4 Å². The number of carbonyl (C=O) groups is 1. The molecule has 30 heavy (non-hydrogen) atoms. The first-order valence-corrected chi connectivity index (χ1v) is 10.1. The van der Waals surface area contributed by atoms with Gasteiger partial charge in [-0.1, -0.05) is 18.2 Å². The van der Waals surface area contributed by atoms with Gasteiger partial charge in [0.1, 0.15) is 0 Å². The maximum absolute atomic E-state index is 12.6. The number of carbonyl (C=O) groups excluding carboxylic acids is 1. The van der Waals surface area contributed by atoms with Crippen LogP contribution >= 0.6 is 35.3 Å². The number of guanidine groups is 1. The number of aryl methyl sites for hydroxylation is 1. The van der Waals surface area contributed by atoms with E-state index in [1.54, 1.807) is 11.9 Å². The Morgan fingerprint density at radius 1 is 1.30 bits per heavy atom. The molecule has 2 N–H and O–H groups in total. The number of aromatic nitrogens is 1. The third kappa shape index (κ3) is 6.30. The molecule has 0 fully saturated rings. The van der Waals surface area contributed by atoms with E-state index in [2.05, 4.69) is 20.6 Å². The molecule has 6 nitrogen and oxygen atoms in total. The number of nitrogens with one attached hydrogen (secondary N) is 2. The summed E-state index contributed by atoms with van der Waals surface area (Å²) in [5.41, 5.74) is 1.24. The summed E-state index contributed by atoms with van der Waals surface area (Å²) in [6, 6.07) is 7.87. The van der Waals surface area contributed by atoms with Crippen molar-refractivity contribution < 1.29 is 18.0 Å². The Morgan fingerprint density at radius 3 is 2.77 bits per heavy atom. The summed E-state index contributed by atoms with van der Waals surface area (Å²) >= 11 is 0.974. The fourth-order valence-corrected chi connectivity index (χ4v) is 3.92. The minimum Gasteiger partial charge on any atom is -0.356 e. The largest absolute Gasteiger partial charge is 0.434 e. The van der Waals surface area contributed by atoms with Crippen molar-refractivity contribution in [1.82, 2.24) is 15.6 Å². The van der Waals surface area contributed by atoms with E-state index in [1.807, 2.05) is 24.3 Å². The van der Waals surface area contributed by atoms with Crippen LogP contribution in [0.4, 0.5) is 18.9 Å². The van der Waals surface area contributed by atoms with Crippen LogP contribution in [0.2, 0.25) is 0 Å². The topological polar surface area (TPSA) is 69.6 Å². The van der Waals surface area contributed by atoms with Crippen LogP contribution in [0.3, 0.4) is 0 Å². The van der Waals surface area contributed by atoms with Crippen LogP contribution in [-0.4, -0.2) is 43.5 Å². The van der Waals surface area contributed by atoms with Gasteiger partial charge in [0.05, 0.1) is 11.6 Å². The molecule has 1 aromatic heterocycles. The number of anilines is 1. The van der Waals surface area contributed by atoms with Crippen LogP contribution in [0, 0.1) is 0 Å². The molecule has 0 spiro atoms. The van der Waals surface area contributed by atoms with Gasteiger partial charge in [-0.15, -0.1) is 35.3 Å². The van der Waals surface area contributed by atoms with Crippen LogP contribution in [-0.2, 0) is 23.8 Å². The van der Waals surface area contributed by atoms with Crippen LogP contribution in [0.25, 0.3) is 0 Å². The Morgan fingerprint density at radius 2 is 2.07 bits per heavy atom. The highest BCUT2D eigenvalue weighted by Crippen LogP contribution is 2.30. The summed E-state index contributed by atoms with van der Waals surface area (Å²) in [5.74, 6) is 0.353. The zero-order valence-electron chi connectivity index (χ0n) is 16.3. The number of thiazole rings is 1. The minimum absolute atomic E-state index is 0. The first-order chi connectivity index (χ1) is 13.9. The first-order valence-electron chi connectivity index (χ1n) is 9.23. The minimum atomic E-state index is -4.42. The molecule has 2 heterocycles. The van der Waals surface area contributed by atoms with Crippen molar-refractivity contribution in [3.63, 3.8) is 0 Å². The van der Waals surface area contributed by atoms with Gasteiger partial charge < -0.3 is 15.5 Å². The number of benzene rings is 1. The zero-order valence-corrected chi connectivity index (χ0v) is 19.5. The fraction of sp³-hybridized carbons (Fsp3) is 0.421. The second-order valence-corrected chi connectivity index (χ2v) is 7.45. The molecule has 0 atom stereocenters. The molecule has 0 unspecified atom stereocenters. The number of rotatable bonds is 5. The molecule has 0 saturated carbocycles. The number of hydrogen-bond acceptors (Lipinski definition) is 4. The lowest BCUT2D eigenvalue weighted by molar-refractivity contribution is -0.140. The molecule has 0 bridgehead atoms. The highest BCUT2D eigenvalue weighted by Gasteiger charge is 2.33. The van der Waals surface area contributed by atoms with E-state index >= 15 is 0 Å². The van der Waals surface area contributed by atoms with Crippen LogP contribution in [0.5, 0.6) is 0 Å². The van der Waals surface area contributed by atoms with Crippen LogP contribution < -0.4 is 15.5 Å². The molecule has 2 aromatic rings. The SMILES string of the molecule is CN=C(NCCc1nc(C(F)(F)F)cs1)NCC(=O)N1CCCc2ccccc21.I. The molecule has 1 aromatic carbocycles. The van der Waals surface area contributed by atoms with Crippen molar-refractivity contribution >= 4 is 52.9 Å². The molecular weight excluding hydrogens is 530 g/mol. The van der Waals surface area contributed by atoms with Gasteiger partial charge in [0.15, 0.2) is 11.7 Å². The van der Waals surface area contributed by atoms with Gasteiger partial charge in [-0.2, -0.15) is 13.2 Å². The predicted octanol–water partition coefficient (Wildman–Crippen LogP) is 3.47. The molecule has 0 aliphatic carbocycles. The highest BCUT2D eigenvalue weighted by atomic mass is 127. The standard InChI is InChI=1S/C19H22F3N5OS.HI/c1-23-18(24-9-8-16-26-15(12-29-16)19(20,21)22)25-11-17(28)27-10-4-6-13-5-2-3-7-14(13)27;/h2-3,5,7,12H,4,6,8-11H2,1H3,(H2,23,24,25);1H. The summed E-state index contributed by atoms with van der Waals surface area (Å²) in [7, 11) is 1.57. The van der Waals surface area contributed by atoms with Gasteiger partial charge in [0, 0.05) is 37.6 Å². The quantitative estimate of drug-likeness (QED) is 0.338. The maximum Gasteiger partial charge on any atom is 0.434 e. The summed E-state index contributed by atoms with van der Waals surface area (Å²) in [5, 5.41) is 7.36. The first kappa shape index (κ1) is 24.4. The predicted molar refractivity (Wildman–Crippen MR) is 123 cm³/mol. The Hall–Kier alpha value is -1.89. The third-order valence-corrected chi connectivity index (χ3v) is 5.42.